The summed E-state index contributed by atoms with van der Waals surface area (Å²) in [6, 6.07) is 7.99. The third kappa shape index (κ3) is 3.95. The largest absolute Gasteiger partial charge is 0.321 e. The van der Waals surface area contributed by atoms with Crippen molar-refractivity contribution in [3.8, 4) is 0 Å². The number of nitrogens with zero attached hydrogens (tertiary/aromatic N) is 1. The minimum Gasteiger partial charge on any atom is -0.321 e. The van der Waals surface area contributed by atoms with Crippen molar-refractivity contribution >= 4 is 39.1 Å². The zero-order chi connectivity index (χ0) is 15.4. The summed E-state index contributed by atoms with van der Waals surface area (Å²) in [6.45, 7) is 2.61. The molecule has 4 nitrogen and oxygen atoms in total. The predicted molar refractivity (Wildman–Crippen MR) is 88.1 cm³/mol. The first-order valence-electron chi connectivity index (χ1n) is 6.48. The van der Waals surface area contributed by atoms with Crippen molar-refractivity contribution in [3.63, 3.8) is 0 Å². The van der Waals surface area contributed by atoms with Crippen LogP contribution < -0.4 is 10.9 Å². The topological polar surface area (TPSA) is 51.1 Å². The maximum atomic E-state index is 12.2. The van der Waals surface area contributed by atoms with Crippen LogP contribution in [-0.4, -0.2) is 10.5 Å². The van der Waals surface area contributed by atoms with Gasteiger partial charge in [0.1, 0.15) is 0 Å². The average Bonchev–Trinajstić information content (AvgIpc) is 2.45. The molecule has 0 spiro atoms. The van der Waals surface area contributed by atoms with Crippen LogP contribution in [0.3, 0.4) is 0 Å². The van der Waals surface area contributed by atoms with Gasteiger partial charge in [-0.3, -0.25) is 9.59 Å². The van der Waals surface area contributed by atoms with E-state index in [0.29, 0.717) is 27.3 Å². The third-order valence-electron chi connectivity index (χ3n) is 2.89. The Kier molecular flexibility index (Phi) is 5.20. The molecular weight excluding hydrogens is 356 g/mol. The van der Waals surface area contributed by atoms with Crippen LogP contribution in [0.15, 0.2) is 45.8 Å². The number of pyridine rings is 1. The molecule has 0 aliphatic heterocycles. The van der Waals surface area contributed by atoms with E-state index in [2.05, 4.69) is 21.2 Å². The lowest BCUT2D eigenvalue weighted by atomic mass is 10.2. The Morgan fingerprint density at radius 3 is 2.76 bits per heavy atom. The van der Waals surface area contributed by atoms with Crippen molar-refractivity contribution < 1.29 is 4.79 Å². The number of hydrogen-bond acceptors (Lipinski definition) is 2. The van der Waals surface area contributed by atoms with Gasteiger partial charge in [-0.2, -0.15) is 0 Å². The molecule has 0 radical (unpaired) electrons. The van der Waals surface area contributed by atoms with Gasteiger partial charge in [0.2, 0.25) is 0 Å². The molecule has 1 aromatic heterocycles. The normalized spacial score (nSPS) is 10.4. The second-order valence-electron chi connectivity index (χ2n) is 4.53. The first kappa shape index (κ1) is 15.8. The molecule has 1 N–H and O–H groups in total. The number of rotatable bonds is 4. The first-order valence-corrected chi connectivity index (χ1v) is 7.65. The minimum absolute atomic E-state index is 0.0795. The van der Waals surface area contributed by atoms with E-state index in [1.54, 1.807) is 35.0 Å². The summed E-state index contributed by atoms with van der Waals surface area (Å²) in [6.07, 6.45) is 2.50. The van der Waals surface area contributed by atoms with Crippen molar-refractivity contribution in [1.82, 2.24) is 4.57 Å². The number of anilines is 1. The van der Waals surface area contributed by atoms with Crippen LogP contribution in [0.25, 0.3) is 0 Å². The lowest BCUT2D eigenvalue weighted by Crippen LogP contribution is -2.20. The fourth-order valence-electron chi connectivity index (χ4n) is 1.86. The molecule has 2 rings (SSSR count). The van der Waals surface area contributed by atoms with Crippen molar-refractivity contribution in [2.45, 2.75) is 19.9 Å². The van der Waals surface area contributed by atoms with Gasteiger partial charge in [0, 0.05) is 28.8 Å². The van der Waals surface area contributed by atoms with Crippen molar-refractivity contribution in [1.29, 1.82) is 0 Å². The number of aromatic nitrogens is 1. The molecule has 0 saturated carbocycles. The molecule has 6 heteroatoms. The Hall–Kier alpha value is -1.59. The van der Waals surface area contributed by atoms with E-state index < -0.39 is 0 Å². The van der Waals surface area contributed by atoms with E-state index in [-0.39, 0.29) is 11.5 Å². The lowest BCUT2D eigenvalue weighted by Gasteiger charge is -2.09. The Morgan fingerprint density at radius 1 is 1.33 bits per heavy atom. The number of amides is 1. The summed E-state index contributed by atoms with van der Waals surface area (Å²) < 4.78 is 2.24. The van der Waals surface area contributed by atoms with Gasteiger partial charge in [0.15, 0.2) is 0 Å². The molecule has 0 saturated heterocycles. The van der Waals surface area contributed by atoms with Gasteiger partial charge in [-0.25, -0.2) is 0 Å². The Labute approximate surface area is 135 Å². The molecule has 0 unspecified atom stereocenters. The average molecular weight is 370 g/mol. The number of aryl methyl sites for hydroxylation is 1. The molecule has 0 fully saturated rings. The van der Waals surface area contributed by atoms with Crippen LogP contribution in [0.2, 0.25) is 5.02 Å². The van der Waals surface area contributed by atoms with Crippen molar-refractivity contribution in [3.05, 3.63) is 61.9 Å². The van der Waals surface area contributed by atoms with E-state index in [1.165, 1.54) is 6.07 Å². The van der Waals surface area contributed by atoms with Gasteiger partial charge in [-0.1, -0.05) is 18.5 Å². The number of carbonyl (C=O) groups is 1. The zero-order valence-electron chi connectivity index (χ0n) is 11.4. The SMILES string of the molecule is CCCn1cc(NC(=O)c2ccc(Cl)c(Br)c2)ccc1=O. The smallest absolute Gasteiger partial charge is 0.255 e. The predicted octanol–water partition coefficient (Wildman–Crippen LogP) is 3.93. The Bertz CT molecular complexity index is 728. The van der Waals surface area contributed by atoms with Gasteiger partial charge >= 0.3 is 0 Å². The maximum absolute atomic E-state index is 12.2. The van der Waals surface area contributed by atoms with Crippen LogP contribution in [0, 0.1) is 0 Å². The lowest BCUT2D eigenvalue weighted by molar-refractivity contribution is 0.102. The second-order valence-corrected chi connectivity index (χ2v) is 5.79. The zero-order valence-corrected chi connectivity index (χ0v) is 13.7. The molecule has 21 heavy (non-hydrogen) atoms. The van der Waals surface area contributed by atoms with E-state index >= 15 is 0 Å². The number of benzene rings is 1. The highest BCUT2D eigenvalue weighted by Gasteiger charge is 2.09. The second kappa shape index (κ2) is 6.91. The number of hydrogen-bond donors (Lipinski definition) is 1. The highest BCUT2D eigenvalue weighted by molar-refractivity contribution is 9.10. The summed E-state index contributed by atoms with van der Waals surface area (Å²) in [5, 5.41) is 3.31. The van der Waals surface area contributed by atoms with Gasteiger partial charge in [0.05, 0.1) is 10.7 Å². The quantitative estimate of drug-likeness (QED) is 0.888. The van der Waals surface area contributed by atoms with Crippen LogP contribution in [0.1, 0.15) is 23.7 Å². The molecule has 0 aliphatic carbocycles. The van der Waals surface area contributed by atoms with Gasteiger partial charge < -0.3 is 9.88 Å². The molecular formula is C15H14BrClN2O2. The fourth-order valence-corrected chi connectivity index (χ4v) is 2.36. The van der Waals surface area contributed by atoms with Crippen LogP contribution in [-0.2, 0) is 6.54 Å². The maximum Gasteiger partial charge on any atom is 0.255 e. The van der Waals surface area contributed by atoms with Gasteiger partial charge in [-0.05, 0) is 46.6 Å². The summed E-state index contributed by atoms with van der Waals surface area (Å²) >= 11 is 9.19. The number of carbonyl (C=O) groups excluding carboxylic acids is 1. The van der Waals surface area contributed by atoms with Crippen LogP contribution in [0.4, 0.5) is 5.69 Å². The summed E-state index contributed by atoms with van der Waals surface area (Å²) in [7, 11) is 0. The van der Waals surface area contributed by atoms with Crippen molar-refractivity contribution in [2.75, 3.05) is 5.32 Å². The van der Waals surface area contributed by atoms with Crippen LogP contribution in [0.5, 0.6) is 0 Å². The first-order chi connectivity index (χ1) is 10.0. The Morgan fingerprint density at radius 2 is 2.10 bits per heavy atom. The van der Waals surface area contributed by atoms with E-state index in [1.807, 2.05) is 6.92 Å². The van der Waals surface area contributed by atoms with E-state index in [9.17, 15) is 9.59 Å². The molecule has 1 aromatic carbocycles. The van der Waals surface area contributed by atoms with E-state index in [0.717, 1.165) is 6.42 Å². The highest BCUT2D eigenvalue weighted by Crippen LogP contribution is 2.23. The number of halogens is 2. The minimum atomic E-state index is -0.255. The summed E-state index contributed by atoms with van der Waals surface area (Å²) in [5.74, 6) is -0.255. The molecule has 0 aliphatic rings. The fraction of sp³-hybridized carbons (Fsp3) is 0.200. The van der Waals surface area contributed by atoms with Gasteiger partial charge in [0.25, 0.3) is 11.5 Å². The summed E-state index contributed by atoms with van der Waals surface area (Å²) in [4.78, 5) is 23.8. The molecule has 1 heterocycles. The molecule has 110 valence electrons. The number of nitrogens with one attached hydrogen (secondary N) is 1. The highest BCUT2D eigenvalue weighted by atomic mass is 79.9. The van der Waals surface area contributed by atoms with Gasteiger partial charge in [-0.15, -0.1) is 0 Å². The van der Waals surface area contributed by atoms with E-state index in [4.69, 9.17) is 11.6 Å². The molecule has 0 bridgehead atoms. The third-order valence-corrected chi connectivity index (χ3v) is 4.10. The van der Waals surface area contributed by atoms with Crippen LogP contribution >= 0.6 is 27.5 Å². The monoisotopic (exact) mass is 368 g/mol. The standard InChI is InChI=1S/C15H14BrClN2O2/c1-2-7-19-9-11(4-6-14(19)20)18-15(21)10-3-5-13(17)12(16)8-10/h3-6,8-9H,2,7H2,1H3,(H,18,21). The summed E-state index contributed by atoms with van der Waals surface area (Å²) in [5.41, 5.74) is 0.989. The Balaban J connectivity index is 2.21. The molecule has 2 aromatic rings. The molecule has 0 atom stereocenters. The molecule has 1 amide bonds. The van der Waals surface area contributed by atoms with Crippen molar-refractivity contribution in [2.24, 2.45) is 0 Å².